The summed E-state index contributed by atoms with van der Waals surface area (Å²) < 4.78 is 13.4. The van der Waals surface area contributed by atoms with Crippen LogP contribution < -0.4 is 0 Å². The van der Waals surface area contributed by atoms with Crippen LogP contribution in [-0.4, -0.2) is 0 Å². The van der Waals surface area contributed by atoms with Crippen molar-refractivity contribution in [1.29, 1.82) is 0 Å². The maximum Gasteiger partial charge on any atom is 0.126 e. The quantitative estimate of drug-likeness (QED) is 0.632. The lowest BCUT2D eigenvalue weighted by atomic mass is 9.97. The van der Waals surface area contributed by atoms with Gasteiger partial charge in [-0.25, -0.2) is 4.39 Å². The molecular formula is C13H15F. The first-order chi connectivity index (χ1) is 6.72. The van der Waals surface area contributed by atoms with E-state index in [9.17, 15) is 4.39 Å². The molecule has 0 spiro atoms. The van der Waals surface area contributed by atoms with Crippen LogP contribution in [0, 0.1) is 5.82 Å². The van der Waals surface area contributed by atoms with Gasteiger partial charge in [0.1, 0.15) is 5.82 Å². The number of hydrogen-bond donors (Lipinski definition) is 0. The van der Waals surface area contributed by atoms with Gasteiger partial charge < -0.3 is 0 Å². The van der Waals surface area contributed by atoms with E-state index in [1.165, 1.54) is 5.56 Å². The van der Waals surface area contributed by atoms with Crippen LogP contribution in [0.2, 0.25) is 0 Å². The van der Waals surface area contributed by atoms with Gasteiger partial charge in [0.15, 0.2) is 0 Å². The molecule has 0 aromatic heterocycles. The van der Waals surface area contributed by atoms with Crippen molar-refractivity contribution in [3.05, 3.63) is 47.8 Å². The molecule has 1 aliphatic rings. The second kappa shape index (κ2) is 3.56. The molecule has 1 aromatic rings. The Morgan fingerprint density at radius 1 is 1.50 bits per heavy atom. The van der Waals surface area contributed by atoms with Crippen LogP contribution in [0.3, 0.4) is 0 Å². The number of allylic oxidation sites excluding steroid dienone is 1. The minimum atomic E-state index is -0.0486. The Hall–Kier alpha value is -1.11. The zero-order chi connectivity index (χ0) is 10.1. The molecule has 0 aliphatic heterocycles. The minimum absolute atomic E-state index is 0.0486. The zero-order valence-corrected chi connectivity index (χ0v) is 8.46. The van der Waals surface area contributed by atoms with Gasteiger partial charge in [-0.1, -0.05) is 25.1 Å². The Morgan fingerprint density at radius 3 is 2.79 bits per heavy atom. The highest BCUT2D eigenvalue weighted by Crippen LogP contribution is 2.42. The summed E-state index contributed by atoms with van der Waals surface area (Å²) in [5.41, 5.74) is 2.07. The van der Waals surface area contributed by atoms with E-state index < -0.39 is 0 Å². The summed E-state index contributed by atoms with van der Waals surface area (Å²) in [6.45, 7) is 5.84. The normalized spacial score (nSPS) is 17.9. The molecule has 1 aromatic carbocycles. The lowest BCUT2D eigenvalue weighted by molar-refractivity contribution is 0.609. The molecule has 1 aliphatic carbocycles. The Kier molecular flexibility index (Phi) is 2.40. The van der Waals surface area contributed by atoms with Crippen LogP contribution in [0.1, 0.15) is 42.7 Å². The van der Waals surface area contributed by atoms with Gasteiger partial charge in [-0.15, -0.1) is 6.58 Å². The van der Waals surface area contributed by atoms with Crippen molar-refractivity contribution in [3.63, 3.8) is 0 Å². The van der Waals surface area contributed by atoms with Crippen LogP contribution in [0.15, 0.2) is 30.9 Å². The molecule has 0 saturated heterocycles. The van der Waals surface area contributed by atoms with E-state index in [4.69, 9.17) is 0 Å². The van der Waals surface area contributed by atoms with Crippen LogP contribution in [0.25, 0.3) is 0 Å². The number of hydrogen-bond acceptors (Lipinski definition) is 0. The third kappa shape index (κ3) is 1.72. The van der Waals surface area contributed by atoms with Crippen molar-refractivity contribution in [3.8, 4) is 0 Å². The molecule has 0 bridgehead atoms. The predicted octanol–water partition coefficient (Wildman–Crippen LogP) is 3.99. The van der Waals surface area contributed by atoms with E-state index in [2.05, 4.69) is 13.5 Å². The van der Waals surface area contributed by atoms with Crippen LogP contribution in [0.5, 0.6) is 0 Å². The highest BCUT2D eigenvalue weighted by atomic mass is 19.1. The zero-order valence-electron chi connectivity index (χ0n) is 8.46. The van der Waals surface area contributed by atoms with Crippen molar-refractivity contribution in [2.24, 2.45) is 0 Å². The molecule has 14 heavy (non-hydrogen) atoms. The first-order valence-electron chi connectivity index (χ1n) is 5.14. The third-order valence-electron chi connectivity index (χ3n) is 2.92. The van der Waals surface area contributed by atoms with Crippen molar-refractivity contribution in [2.75, 3.05) is 0 Å². The van der Waals surface area contributed by atoms with Crippen molar-refractivity contribution in [2.45, 2.75) is 31.6 Å². The highest BCUT2D eigenvalue weighted by molar-refractivity contribution is 5.33. The molecule has 1 heteroatoms. The van der Waals surface area contributed by atoms with E-state index in [0.717, 1.165) is 18.4 Å². The largest absolute Gasteiger partial charge is 0.207 e. The van der Waals surface area contributed by atoms with Gasteiger partial charge in [0.05, 0.1) is 0 Å². The first kappa shape index (κ1) is 9.45. The lowest BCUT2D eigenvalue weighted by Crippen LogP contribution is -1.93. The SMILES string of the molecule is C=CC(C)c1ccc(F)c(C2CC2)c1. The Bertz CT molecular complexity index is 350. The van der Waals surface area contributed by atoms with Gasteiger partial charge in [-0.2, -0.15) is 0 Å². The second-order valence-corrected chi connectivity index (χ2v) is 4.08. The maximum absolute atomic E-state index is 13.4. The molecule has 1 fully saturated rings. The molecular weight excluding hydrogens is 175 g/mol. The standard InChI is InChI=1S/C13H15F/c1-3-9(2)11-6-7-13(14)12(8-11)10-4-5-10/h3,6-10H,1,4-5H2,2H3. The smallest absolute Gasteiger partial charge is 0.126 e. The molecule has 1 atom stereocenters. The Balaban J connectivity index is 2.34. The average Bonchev–Trinajstić information content (AvgIpc) is 3.01. The summed E-state index contributed by atoms with van der Waals surface area (Å²) in [4.78, 5) is 0. The molecule has 0 amide bonds. The van der Waals surface area contributed by atoms with Gasteiger partial charge in [-0.3, -0.25) is 0 Å². The number of benzene rings is 1. The van der Waals surface area contributed by atoms with Gasteiger partial charge in [0.2, 0.25) is 0 Å². The average molecular weight is 190 g/mol. The van der Waals surface area contributed by atoms with Gasteiger partial charge in [0.25, 0.3) is 0 Å². The van der Waals surface area contributed by atoms with E-state index in [1.807, 2.05) is 18.2 Å². The Morgan fingerprint density at radius 2 is 2.21 bits per heavy atom. The fourth-order valence-corrected chi connectivity index (χ4v) is 1.69. The van der Waals surface area contributed by atoms with Crippen molar-refractivity contribution in [1.82, 2.24) is 0 Å². The molecule has 1 unspecified atom stereocenters. The van der Waals surface area contributed by atoms with Gasteiger partial charge in [0, 0.05) is 0 Å². The summed E-state index contributed by atoms with van der Waals surface area (Å²) in [6.07, 6.45) is 4.18. The summed E-state index contributed by atoms with van der Waals surface area (Å²) in [5.74, 6) is 0.743. The molecule has 0 radical (unpaired) electrons. The van der Waals surface area contributed by atoms with Crippen molar-refractivity contribution < 1.29 is 4.39 Å². The maximum atomic E-state index is 13.4. The summed E-state index contributed by atoms with van der Waals surface area (Å²) in [7, 11) is 0. The molecule has 2 rings (SSSR count). The van der Waals surface area contributed by atoms with Crippen molar-refractivity contribution >= 4 is 0 Å². The van der Waals surface area contributed by atoms with E-state index in [0.29, 0.717) is 11.8 Å². The van der Waals surface area contributed by atoms with E-state index >= 15 is 0 Å². The molecule has 0 N–H and O–H groups in total. The molecule has 0 heterocycles. The monoisotopic (exact) mass is 190 g/mol. The van der Waals surface area contributed by atoms with Crippen LogP contribution in [0.4, 0.5) is 4.39 Å². The molecule has 74 valence electrons. The molecule has 0 nitrogen and oxygen atoms in total. The van der Waals surface area contributed by atoms with Gasteiger partial charge in [-0.05, 0) is 41.9 Å². The predicted molar refractivity (Wildman–Crippen MR) is 57.0 cm³/mol. The minimum Gasteiger partial charge on any atom is -0.207 e. The first-order valence-corrected chi connectivity index (χ1v) is 5.14. The topological polar surface area (TPSA) is 0 Å². The summed E-state index contributed by atoms with van der Waals surface area (Å²) in [6, 6.07) is 5.44. The van der Waals surface area contributed by atoms with E-state index in [-0.39, 0.29) is 5.82 Å². The highest BCUT2D eigenvalue weighted by Gasteiger charge is 2.26. The summed E-state index contributed by atoms with van der Waals surface area (Å²) >= 11 is 0. The number of rotatable bonds is 3. The van der Waals surface area contributed by atoms with Crippen LogP contribution in [-0.2, 0) is 0 Å². The fraction of sp³-hybridized carbons (Fsp3) is 0.385. The molecule has 1 saturated carbocycles. The lowest BCUT2D eigenvalue weighted by Gasteiger charge is -2.09. The third-order valence-corrected chi connectivity index (χ3v) is 2.92. The van der Waals surface area contributed by atoms with Gasteiger partial charge >= 0.3 is 0 Å². The van der Waals surface area contributed by atoms with Crippen LogP contribution >= 0.6 is 0 Å². The fourth-order valence-electron chi connectivity index (χ4n) is 1.69. The van der Waals surface area contributed by atoms with E-state index in [1.54, 1.807) is 6.07 Å². The number of halogens is 1. The summed E-state index contributed by atoms with van der Waals surface area (Å²) in [5, 5.41) is 0. The second-order valence-electron chi connectivity index (χ2n) is 4.08. The Labute approximate surface area is 84.5 Å².